The van der Waals surface area contributed by atoms with Gasteiger partial charge in [-0.2, -0.15) is 5.26 Å². The number of fused-ring (bicyclic) bond motifs is 13. The molecule has 6 nitrogen and oxygen atoms in total. The van der Waals surface area contributed by atoms with Gasteiger partial charge in [0.05, 0.1) is 67.5 Å². The standard InChI is InChI=1S/C99H73BN6/c1-98(2,3)68-50-55-90-79(60-68)78-56-63(62-101)48-54-89(78)102(90)69-51-53-82-93(61-69)105(84-42-22-15-34-72(84)65-30-11-8-12-31-65)95-59-67(70-32-13-20-40-80(70)99(4,5)6)58-94-96(95)100(82)81-52-49-66(57-92(81)104(94)83-41-21-14-33-71(83)64-28-9-7-10-29-64)73-39-27-47-91(103-85-43-23-16-35-74(85)75-36-17-24-44-86(75)103)97(73)106-87-45-25-18-37-76(87)77-38-19-26-46-88(77)106/h7-61H,1-6H3. The highest BCUT2D eigenvalue weighted by atomic mass is 15.2. The summed E-state index contributed by atoms with van der Waals surface area (Å²) < 4.78 is 7.48. The molecule has 0 saturated heterocycles. The van der Waals surface area contributed by atoms with Gasteiger partial charge in [0.2, 0.25) is 0 Å². The van der Waals surface area contributed by atoms with E-state index in [1.165, 1.54) is 54.6 Å². The van der Waals surface area contributed by atoms with Gasteiger partial charge in [0.25, 0.3) is 6.71 Å². The smallest absolute Gasteiger partial charge is 0.252 e. The summed E-state index contributed by atoms with van der Waals surface area (Å²) in [4.78, 5) is 5.24. The quantitative estimate of drug-likeness (QED) is 0.135. The van der Waals surface area contributed by atoms with E-state index in [1.807, 2.05) is 6.07 Å². The normalized spacial score (nSPS) is 12.7. The highest BCUT2D eigenvalue weighted by Gasteiger charge is 2.45. The topological polar surface area (TPSA) is 45.1 Å². The summed E-state index contributed by atoms with van der Waals surface area (Å²) >= 11 is 0. The van der Waals surface area contributed by atoms with Crippen molar-refractivity contribution < 1.29 is 0 Å². The number of nitriles is 1. The molecule has 106 heavy (non-hydrogen) atoms. The van der Waals surface area contributed by atoms with Crippen LogP contribution in [-0.4, -0.2) is 20.4 Å². The molecule has 502 valence electrons. The Morgan fingerprint density at radius 2 is 0.726 bits per heavy atom. The minimum absolute atomic E-state index is 0.102. The lowest BCUT2D eigenvalue weighted by molar-refractivity contribution is 0.591. The van der Waals surface area contributed by atoms with Crippen molar-refractivity contribution in [1.82, 2.24) is 13.7 Å². The van der Waals surface area contributed by atoms with Crippen LogP contribution < -0.4 is 26.2 Å². The first-order valence-corrected chi connectivity index (χ1v) is 36.9. The number of nitrogens with zero attached hydrogens (tertiary/aromatic N) is 6. The van der Waals surface area contributed by atoms with Gasteiger partial charge in [-0.3, -0.25) is 0 Å². The molecule has 2 aliphatic rings. The number of hydrogen-bond acceptors (Lipinski definition) is 3. The van der Waals surface area contributed by atoms with Crippen molar-refractivity contribution >= 4 is 123 Å². The third kappa shape index (κ3) is 9.64. The summed E-state index contributed by atoms with van der Waals surface area (Å²) in [6.07, 6.45) is 0. The molecule has 18 aromatic rings. The highest BCUT2D eigenvalue weighted by molar-refractivity contribution is 7.00. The van der Waals surface area contributed by atoms with Crippen molar-refractivity contribution in [2.24, 2.45) is 0 Å². The van der Waals surface area contributed by atoms with Crippen LogP contribution in [0.1, 0.15) is 58.2 Å². The Balaban J connectivity index is 0.927. The summed E-state index contributed by atoms with van der Waals surface area (Å²) in [6, 6.07) is 127. The Labute approximate surface area is 617 Å². The SMILES string of the molecule is CC(C)(C)c1ccc2c(c1)c1cc(C#N)ccc1n2-c1ccc2c(c1)N(c1ccccc1-c1ccccc1)c1cc(-c3ccccc3C(C)(C)C)cc3c1B2c1ccc(-c2cccc(-n4c5ccccc5c5ccccc54)c2-n2c4ccccc4c4ccccc42)cc1N3c1ccccc1-c1ccccc1. The van der Waals surface area contributed by atoms with Crippen LogP contribution in [-0.2, 0) is 10.8 Å². The largest absolute Gasteiger partial charge is 0.311 e. The van der Waals surface area contributed by atoms with Crippen molar-refractivity contribution in [1.29, 1.82) is 5.26 Å². The number of aromatic nitrogens is 3. The van der Waals surface area contributed by atoms with Gasteiger partial charge in [0, 0.05) is 77.4 Å². The predicted molar refractivity (Wildman–Crippen MR) is 447 cm³/mol. The van der Waals surface area contributed by atoms with Crippen molar-refractivity contribution in [3.05, 3.63) is 350 Å². The van der Waals surface area contributed by atoms with E-state index in [0.717, 1.165) is 134 Å². The third-order valence-corrected chi connectivity index (χ3v) is 22.5. The van der Waals surface area contributed by atoms with Gasteiger partial charge >= 0.3 is 0 Å². The Kier molecular flexibility index (Phi) is 14.2. The summed E-state index contributed by atoms with van der Waals surface area (Å²) in [5, 5.41) is 17.5. The second-order valence-corrected chi connectivity index (χ2v) is 30.7. The maximum absolute atomic E-state index is 10.5. The van der Waals surface area contributed by atoms with E-state index in [0.29, 0.717) is 5.56 Å². The molecule has 20 rings (SSSR count). The van der Waals surface area contributed by atoms with Crippen molar-refractivity contribution in [2.45, 2.75) is 52.4 Å². The minimum Gasteiger partial charge on any atom is -0.311 e. The van der Waals surface area contributed by atoms with Crippen LogP contribution in [0.15, 0.2) is 334 Å². The summed E-state index contributed by atoms with van der Waals surface area (Å²) in [5.74, 6) is 0. The first-order chi connectivity index (χ1) is 51.9. The lowest BCUT2D eigenvalue weighted by Gasteiger charge is -2.45. The van der Waals surface area contributed by atoms with Gasteiger partial charge in [-0.1, -0.05) is 272 Å². The Morgan fingerprint density at radius 1 is 0.283 bits per heavy atom. The van der Waals surface area contributed by atoms with E-state index in [4.69, 9.17) is 0 Å². The number of anilines is 6. The molecule has 0 atom stereocenters. The molecule has 0 radical (unpaired) electrons. The molecule has 0 spiro atoms. The molecule has 5 heterocycles. The molecule has 0 amide bonds. The maximum Gasteiger partial charge on any atom is 0.252 e. The molecule has 3 aromatic heterocycles. The monoisotopic (exact) mass is 1360 g/mol. The number of hydrogen-bond donors (Lipinski definition) is 0. The average Bonchev–Trinajstić information content (AvgIpc) is 0.883. The first-order valence-electron chi connectivity index (χ1n) is 36.9. The molecule has 2 aliphatic heterocycles. The second kappa shape index (κ2) is 24.0. The molecule has 0 N–H and O–H groups in total. The zero-order valence-electron chi connectivity index (χ0n) is 60.0. The van der Waals surface area contributed by atoms with E-state index in [9.17, 15) is 5.26 Å². The van der Waals surface area contributed by atoms with Crippen LogP contribution in [0.25, 0.3) is 127 Å². The van der Waals surface area contributed by atoms with E-state index >= 15 is 0 Å². The lowest BCUT2D eigenvalue weighted by atomic mass is 9.33. The van der Waals surface area contributed by atoms with Gasteiger partial charge in [-0.25, -0.2) is 0 Å². The zero-order valence-corrected chi connectivity index (χ0v) is 60.0. The van der Waals surface area contributed by atoms with Gasteiger partial charge in [0.1, 0.15) is 0 Å². The van der Waals surface area contributed by atoms with Crippen LogP contribution in [0, 0.1) is 11.3 Å². The molecule has 15 aromatic carbocycles. The highest BCUT2D eigenvalue weighted by Crippen LogP contribution is 2.53. The van der Waals surface area contributed by atoms with Gasteiger partial charge < -0.3 is 23.5 Å². The Morgan fingerprint density at radius 3 is 1.28 bits per heavy atom. The predicted octanol–water partition coefficient (Wildman–Crippen LogP) is 24.2. The molecule has 0 fully saturated rings. The van der Waals surface area contributed by atoms with Gasteiger partial charge in [-0.05, 0) is 169 Å². The van der Waals surface area contributed by atoms with Crippen LogP contribution in [0.2, 0.25) is 0 Å². The fourth-order valence-electron chi connectivity index (χ4n) is 17.8. The summed E-state index contributed by atoms with van der Waals surface area (Å²) in [7, 11) is 0. The van der Waals surface area contributed by atoms with Crippen molar-refractivity contribution in [3.8, 4) is 67.6 Å². The fraction of sp³-hybridized carbons (Fsp3) is 0.0808. The van der Waals surface area contributed by atoms with E-state index in [1.54, 1.807) is 0 Å². The Hall–Kier alpha value is -13.1. The summed E-state index contributed by atoms with van der Waals surface area (Å²) in [5.41, 5.74) is 31.9. The van der Waals surface area contributed by atoms with Crippen molar-refractivity contribution in [3.63, 3.8) is 0 Å². The molecule has 0 bridgehead atoms. The van der Waals surface area contributed by atoms with Crippen LogP contribution in [0.3, 0.4) is 0 Å². The average molecular weight is 1360 g/mol. The molecule has 0 saturated carbocycles. The van der Waals surface area contributed by atoms with E-state index < -0.39 is 0 Å². The van der Waals surface area contributed by atoms with Gasteiger partial charge in [-0.15, -0.1) is 0 Å². The van der Waals surface area contributed by atoms with Crippen LogP contribution >= 0.6 is 0 Å². The van der Waals surface area contributed by atoms with Crippen LogP contribution in [0.5, 0.6) is 0 Å². The molecule has 0 aliphatic carbocycles. The van der Waals surface area contributed by atoms with E-state index in [-0.39, 0.29) is 17.5 Å². The lowest BCUT2D eigenvalue weighted by Crippen LogP contribution is -2.61. The molecule has 0 unspecified atom stereocenters. The number of rotatable bonds is 9. The Bertz CT molecular complexity index is 6600. The first kappa shape index (κ1) is 62.6. The van der Waals surface area contributed by atoms with E-state index in [2.05, 4.69) is 399 Å². The minimum atomic E-state index is -0.267. The summed E-state index contributed by atoms with van der Waals surface area (Å²) in [6.45, 7) is 13.6. The number of para-hydroxylation sites is 7. The maximum atomic E-state index is 10.5. The molecular weight excluding hydrogens is 1280 g/mol. The molecular formula is C99H73BN6. The molecule has 7 heteroatoms. The van der Waals surface area contributed by atoms with Gasteiger partial charge in [0.15, 0.2) is 0 Å². The van der Waals surface area contributed by atoms with Crippen molar-refractivity contribution in [2.75, 3.05) is 9.80 Å². The number of benzene rings is 15. The third-order valence-electron chi connectivity index (χ3n) is 22.5. The second-order valence-electron chi connectivity index (χ2n) is 30.7. The zero-order chi connectivity index (χ0) is 71.3. The fourth-order valence-corrected chi connectivity index (χ4v) is 17.8. The van der Waals surface area contributed by atoms with Crippen LogP contribution in [0.4, 0.5) is 34.1 Å².